The van der Waals surface area contributed by atoms with Crippen molar-refractivity contribution in [1.29, 1.82) is 0 Å². The molecule has 1 heterocycles. The minimum absolute atomic E-state index is 0.0471. The summed E-state index contributed by atoms with van der Waals surface area (Å²) < 4.78 is 7.55. The number of anilines is 1. The Labute approximate surface area is 182 Å². The lowest BCUT2D eigenvalue weighted by atomic mass is 10.1. The van der Waals surface area contributed by atoms with Crippen molar-refractivity contribution in [2.24, 2.45) is 5.92 Å². The number of amides is 1. The smallest absolute Gasteiger partial charge is 0.336 e. The minimum atomic E-state index is -0.0471. The molecule has 3 aromatic rings. The average Bonchev–Trinajstić information content (AvgIpc) is 3.15. The predicted molar refractivity (Wildman–Crippen MR) is 120 cm³/mol. The molecule has 0 aliphatic rings. The van der Waals surface area contributed by atoms with Crippen molar-refractivity contribution < 1.29 is 9.53 Å². The minimum Gasteiger partial charge on any atom is -0.462 e. The van der Waals surface area contributed by atoms with E-state index in [9.17, 15) is 4.79 Å². The zero-order chi connectivity index (χ0) is 21.5. The third-order valence-electron chi connectivity index (χ3n) is 4.45. The number of nitrogens with zero attached hydrogens (tertiary/aromatic N) is 3. The maximum absolute atomic E-state index is 11.9. The fourth-order valence-electron chi connectivity index (χ4n) is 2.91. The molecule has 2 aromatic carbocycles. The number of ether oxygens (including phenoxy) is 1. The van der Waals surface area contributed by atoms with Gasteiger partial charge in [-0.05, 0) is 49.1 Å². The van der Waals surface area contributed by atoms with Crippen molar-refractivity contribution in [3.63, 3.8) is 0 Å². The molecule has 3 rings (SSSR count). The van der Waals surface area contributed by atoms with Crippen LogP contribution < -0.4 is 10.1 Å². The van der Waals surface area contributed by atoms with Crippen LogP contribution >= 0.6 is 11.6 Å². The van der Waals surface area contributed by atoms with E-state index >= 15 is 0 Å². The molecule has 0 bridgehead atoms. The molecule has 0 spiro atoms. The molecule has 1 N–H and O–H groups in total. The quantitative estimate of drug-likeness (QED) is 0.475. The number of rotatable bonds is 9. The SMILES string of the molecule is Cc1ccccc1-c1nc(OCC(C)C)nn1-c1ccc(NC(=O)CCCCl)cc1. The van der Waals surface area contributed by atoms with Crippen LogP contribution in [0.2, 0.25) is 0 Å². The average molecular weight is 427 g/mol. The number of aromatic nitrogens is 3. The van der Waals surface area contributed by atoms with Crippen molar-refractivity contribution in [2.75, 3.05) is 17.8 Å². The van der Waals surface area contributed by atoms with Crippen LogP contribution in [0.1, 0.15) is 32.3 Å². The van der Waals surface area contributed by atoms with Crippen molar-refractivity contribution in [3.05, 3.63) is 54.1 Å². The summed E-state index contributed by atoms with van der Waals surface area (Å²) in [4.78, 5) is 16.6. The maximum atomic E-state index is 11.9. The normalized spacial score (nSPS) is 11.0. The van der Waals surface area contributed by atoms with Gasteiger partial charge in [0.25, 0.3) is 0 Å². The Morgan fingerprint density at radius 3 is 2.57 bits per heavy atom. The van der Waals surface area contributed by atoms with Gasteiger partial charge in [-0.1, -0.05) is 38.1 Å². The predicted octanol–water partition coefficient (Wildman–Crippen LogP) is 5.24. The Morgan fingerprint density at radius 2 is 1.90 bits per heavy atom. The molecule has 6 nitrogen and oxygen atoms in total. The lowest BCUT2D eigenvalue weighted by Gasteiger charge is -2.09. The van der Waals surface area contributed by atoms with Gasteiger partial charge in [-0.25, -0.2) is 4.68 Å². The lowest BCUT2D eigenvalue weighted by Crippen LogP contribution is -2.11. The summed E-state index contributed by atoms with van der Waals surface area (Å²) in [6.45, 7) is 6.76. The second kappa shape index (κ2) is 10.3. The van der Waals surface area contributed by atoms with Gasteiger partial charge in [-0.3, -0.25) is 4.79 Å². The van der Waals surface area contributed by atoms with Gasteiger partial charge in [-0.15, -0.1) is 16.7 Å². The number of alkyl halides is 1. The topological polar surface area (TPSA) is 69.0 Å². The van der Waals surface area contributed by atoms with E-state index in [2.05, 4.69) is 29.2 Å². The van der Waals surface area contributed by atoms with Crippen molar-refractivity contribution in [1.82, 2.24) is 14.8 Å². The summed E-state index contributed by atoms with van der Waals surface area (Å²) in [6.07, 6.45) is 1.06. The monoisotopic (exact) mass is 426 g/mol. The highest BCUT2D eigenvalue weighted by Crippen LogP contribution is 2.27. The van der Waals surface area contributed by atoms with Crippen LogP contribution in [0, 0.1) is 12.8 Å². The molecule has 0 saturated carbocycles. The zero-order valence-electron chi connectivity index (χ0n) is 17.6. The Kier molecular flexibility index (Phi) is 7.46. The maximum Gasteiger partial charge on any atom is 0.336 e. The second-order valence-corrected chi connectivity index (χ2v) is 7.92. The van der Waals surface area contributed by atoms with E-state index in [1.807, 2.05) is 55.5 Å². The third kappa shape index (κ3) is 5.60. The molecule has 30 heavy (non-hydrogen) atoms. The van der Waals surface area contributed by atoms with Gasteiger partial charge in [-0.2, -0.15) is 4.98 Å². The van der Waals surface area contributed by atoms with Crippen molar-refractivity contribution in [3.8, 4) is 23.1 Å². The van der Waals surface area contributed by atoms with Gasteiger partial charge in [0.1, 0.15) is 0 Å². The van der Waals surface area contributed by atoms with Gasteiger partial charge in [0.05, 0.1) is 12.3 Å². The summed E-state index contributed by atoms with van der Waals surface area (Å²) in [5, 5.41) is 7.46. The van der Waals surface area contributed by atoms with Gasteiger partial charge in [0, 0.05) is 23.6 Å². The lowest BCUT2D eigenvalue weighted by molar-refractivity contribution is -0.116. The summed E-state index contributed by atoms with van der Waals surface area (Å²) in [5.74, 6) is 1.52. The second-order valence-electron chi connectivity index (χ2n) is 7.54. The number of nitrogens with one attached hydrogen (secondary N) is 1. The van der Waals surface area contributed by atoms with E-state index in [1.54, 1.807) is 4.68 Å². The van der Waals surface area contributed by atoms with Gasteiger partial charge < -0.3 is 10.1 Å². The number of benzene rings is 2. The van der Waals surface area contributed by atoms with Crippen LogP contribution in [0.3, 0.4) is 0 Å². The molecule has 0 saturated heterocycles. The van der Waals surface area contributed by atoms with Gasteiger partial charge in [0.15, 0.2) is 5.82 Å². The number of hydrogen-bond donors (Lipinski definition) is 1. The summed E-state index contributed by atoms with van der Waals surface area (Å²) in [6, 6.07) is 15.9. The van der Waals surface area contributed by atoms with E-state index in [4.69, 9.17) is 16.3 Å². The van der Waals surface area contributed by atoms with Crippen molar-refractivity contribution >= 4 is 23.2 Å². The fourth-order valence-corrected chi connectivity index (χ4v) is 3.04. The Bertz CT molecular complexity index is 983. The number of carbonyl (C=O) groups is 1. The third-order valence-corrected chi connectivity index (χ3v) is 4.72. The molecule has 158 valence electrons. The summed E-state index contributed by atoms with van der Waals surface area (Å²) >= 11 is 5.65. The fraction of sp³-hybridized carbons (Fsp3) is 0.348. The Hall–Kier alpha value is -2.86. The molecule has 0 atom stereocenters. The van der Waals surface area contributed by atoms with E-state index in [1.165, 1.54) is 0 Å². The Morgan fingerprint density at radius 1 is 1.17 bits per heavy atom. The van der Waals surface area contributed by atoms with Crippen LogP contribution in [-0.2, 0) is 4.79 Å². The first kappa shape index (κ1) is 21.8. The van der Waals surface area contributed by atoms with E-state index < -0.39 is 0 Å². The molecule has 1 amide bonds. The molecule has 0 radical (unpaired) electrons. The van der Waals surface area contributed by atoms with Gasteiger partial charge >= 0.3 is 6.01 Å². The molecular weight excluding hydrogens is 400 g/mol. The molecule has 0 aliphatic carbocycles. The van der Waals surface area contributed by atoms with Crippen molar-refractivity contribution in [2.45, 2.75) is 33.6 Å². The molecule has 7 heteroatoms. The highest BCUT2D eigenvalue weighted by Gasteiger charge is 2.16. The van der Waals surface area contributed by atoms with E-state index in [-0.39, 0.29) is 5.91 Å². The highest BCUT2D eigenvalue weighted by molar-refractivity contribution is 6.18. The van der Waals surface area contributed by atoms with Crippen LogP contribution in [0.25, 0.3) is 17.1 Å². The Balaban J connectivity index is 1.90. The van der Waals surface area contributed by atoms with Crippen LogP contribution in [-0.4, -0.2) is 33.2 Å². The molecule has 0 unspecified atom stereocenters. The first-order valence-corrected chi connectivity index (χ1v) is 10.6. The summed E-state index contributed by atoms with van der Waals surface area (Å²) in [7, 11) is 0. The van der Waals surface area contributed by atoms with Crippen LogP contribution in [0.5, 0.6) is 6.01 Å². The molecule has 1 aromatic heterocycles. The number of carbonyl (C=O) groups excluding carboxylic acids is 1. The van der Waals surface area contributed by atoms with E-state index in [0.29, 0.717) is 43.1 Å². The first-order chi connectivity index (χ1) is 14.5. The molecule has 0 fully saturated rings. The van der Waals surface area contributed by atoms with Crippen LogP contribution in [0.4, 0.5) is 5.69 Å². The number of halogens is 1. The first-order valence-electron chi connectivity index (χ1n) is 10.1. The van der Waals surface area contributed by atoms with E-state index in [0.717, 1.165) is 22.5 Å². The standard InChI is InChI=1S/C23H27ClN4O2/c1-16(2)15-30-23-26-22(20-8-5-4-7-17(20)3)28(27-23)19-12-10-18(11-13-19)25-21(29)9-6-14-24/h4-5,7-8,10-13,16H,6,9,14-15H2,1-3H3,(H,25,29). The summed E-state index contributed by atoms with van der Waals surface area (Å²) in [5.41, 5.74) is 3.65. The number of aryl methyl sites for hydroxylation is 1. The van der Waals surface area contributed by atoms with Crippen LogP contribution in [0.15, 0.2) is 48.5 Å². The number of hydrogen-bond acceptors (Lipinski definition) is 4. The largest absolute Gasteiger partial charge is 0.462 e. The van der Waals surface area contributed by atoms with Gasteiger partial charge in [0.2, 0.25) is 5.91 Å². The molecule has 0 aliphatic heterocycles. The highest BCUT2D eigenvalue weighted by atomic mass is 35.5. The molecular formula is C23H27ClN4O2. The zero-order valence-corrected chi connectivity index (χ0v) is 18.3.